The molecule has 0 bridgehead atoms. The standard InChI is InChI=1S/C16H21N3O2/c17-12-6-4-5-11-9-13(19-14(11)12)15(20)18-10-16(21)7-2-1-3-8-16/h4-6,9,19,21H,1-3,7-8,10,17H2,(H,18,20). The Labute approximate surface area is 123 Å². The fraction of sp³-hybridized carbons (Fsp3) is 0.438. The number of para-hydroxylation sites is 1. The van der Waals surface area contributed by atoms with Crippen molar-refractivity contribution in [2.24, 2.45) is 0 Å². The summed E-state index contributed by atoms with van der Waals surface area (Å²) in [5, 5.41) is 14.1. The minimum absolute atomic E-state index is 0.204. The summed E-state index contributed by atoms with van der Waals surface area (Å²) >= 11 is 0. The number of aliphatic hydroxyl groups is 1. The number of nitrogen functional groups attached to an aromatic ring is 1. The molecule has 0 radical (unpaired) electrons. The van der Waals surface area contributed by atoms with E-state index in [1.165, 1.54) is 0 Å². The van der Waals surface area contributed by atoms with E-state index in [0.717, 1.165) is 43.0 Å². The van der Waals surface area contributed by atoms with Crippen LogP contribution in [0.25, 0.3) is 10.9 Å². The molecule has 5 nitrogen and oxygen atoms in total. The zero-order valence-corrected chi connectivity index (χ0v) is 12.0. The fourth-order valence-electron chi connectivity index (χ4n) is 3.03. The highest BCUT2D eigenvalue weighted by molar-refractivity contribution is 6.00. The first kappa shape index (κ1) is 13.9. The SMILES string of the molecule is Nc1cccc2cc(C(=O)NCC3(O)CCCCC3)[nH]c12. The average molecular weight is 287 g/mol. The highest BCUT2D eigenvalue weighted by Gasteiger charge is 2.29. The van der Waals surface area contributed by atoms with E-state index in [1.54, 1.807) is 12.1 Å². The molecular weight excluding hydrogens is 266 g/mol. The molecule has 0 saturated heterocycles. The number of carbonyl (C=O) groups is 1. The molecule has 21 heavy (non-hydrogen) atoms. The van der Waals surface area contributed by atoms with Crippen LogP contribution in [0.5, 0.6) is 0 Å². The molecule has 1 saturated carbocycles. The second-order valence-corrected chi connectivity index (χ2v) is 5.96. The van der Waals surface area contributed by atoms with Gasteiger partial charge in [0, 0.05) is 11.9 Å². The Hall–Kier alpha value is -2.01. The molecular formula is C16H21N3O2. The Morgan fingerprint density at radius 3 is 2.81 bits per heavy atom. The van der Waals surface area contributed by atoms with Gasteiger partial charge in [-0.25, -0.2) is 0 Å². The molecule has 5 N–H and O–H groups in total. The van der Waals surface area contributed by atoms with Crippen LogP contribution in [0.3, 0.4) is 0 Å². The lowest BCUT2D eigenvalue weighted by molar-refractivity contribution is 0.00522. The van der Waals surface area contributed by atoms with Gasteiger partial charge in [0.2, 0.25) is 0 Å². The number of hydrogen-bond donors (Lipinski definition) is 4. The molecule has 1 fully saturated rings. The van der Waals surface area contributed by atoms with Crippen LogP contribution >= 0.6 is 0 Å². The van der Waals surface area contributed by atoms with Crippen molar-refractivity contribution >= 4 is 22.5 Å². The van der Waals surface area contributed by atoms with E-state index in [0.29, 0.717) is 17.9 Å². The minimum atomic E-state index is -0.751. The maximum absolute atomic E-state index is 12.2. The third-order valence-corrected chi connectivity index (χ3v) is 4.30. The van der Waals surface area contributed by atoms with Crippen LogP contribution in [-0.4, -0.2) is 28.1 Å². The molecule has 2 aromatic rings. The molecule has 0 unspecified atom stereocenters. The minimum Gasteiger partial charge on any atom is -0.397 e. The van der Waals surface area contributed by atoms with Gasteiger partial charge >= 0.3 is 0 Å². The van der Waals surface area contributed by atoms with Gasteiger partial charge in [-0.2, -0.15) is 0 Å². The van der Waals surface area contributed by atoms with Gasteiger partial charge in [0.15, 0.2) is 0 Å². The summed E-state index contributed by atoms with van der Waals surface area (Å²) in [6, 6.07) is 7.35. The third kappa shape index (κ3) is 2.88. The summed E-state index contributed by atoms with van der Waals surface area (Å²) in [5.74, 6) is -0.204. The van der Waals surface area contributed by atoms with Gasteiger partial charge in [-0.1, -0.05) is 31.4 Å². The largest absolute Gasteiger partial charge is 0.397 e. The second kappa shape index (κ2) is 5.41. The summed E-state index contributed by atoms with van der Waals surface area (Å²) in [4.78, 5) is 15.3. The summed E-state index contributed by atoms with van der Waals surface area (Å²) in [6.07, 6.45) is 4.72. The maximum atomic E-state index is 12.2. The van der Waals surface area contributed by atoms with Crippen molar-refractivity contribution in [2.75, 3.05) is 12.3 Å². The number of H-pyrrole nitrogens is 1. The summed E-state index contributed by atoms with van der Waals surface area (Å²) in [7, 11) is 0. The molecule has 0 atom stereocenters. The van der Waals surface area contributed by atoms with Crippen LogP contribution in [0.2, 0.25) is 0 Å². The third-order valence-electron chi connectivity index (χ3n) is 4.30. The van der Waals surface area contributed by atoms with E-state index < -0.39 is 5.60 Å². The van der Waals surface area contributed by atoms with E-state index >= 15 is 0 Å². The predicted octanol–water partition coefficient (Wildman–Crippen LogP) is 2.18. The fourth-order valence-corrected chi connectivity index (χ4v) is 3.03. The molecule has 3 rings (SSSR count). The Kier molecular flexibility index (Phi) is 3.59. The molecule has 1 heterocycles. The number of nitrogens with two attached hydrogens (primary N) is 1. The van der Waals surface area contributed by atoms with Crippen molar-refractivity contribution in [3.05, 3.63) is 30.0 Å². The molecule has 1 aromatic heterocycles. The number of fused-ring (bicyclic) bond motifs is 1. The molecule has 1 aliphatic carbocycles. The zero-order valence-electron chi connectivity index (χ0n) is 12.0. The van der Waals surface area contributed by atoms with Gasteiger partial charge in [-0.05, 0) is 25.0 Å². The maximum Gasteiger partial charge on any atom is 0.267 e. The first-order valence-corrected chi connectivity index (χ1v) is 7.45. The van der Waals surface area contributed by atoms with Crippen molar-refractivity contribution in [1.29, 1.82) is 0 Å². The highest BCUT2D eigenvalue weighted by atomic mass is 16.3. The lowest BCUT2D eigenvalue weighted by Crippen LogP contribution is -2.44. The quantitative estimate of drug-likeness (QED) is 0.652. The topological polar surface area (TPSA) is 91.1 Å². The van der Waals surface area contributed by atoms with Gasteiger partial charge in [-0.15, -0.1) is 0 Å². The number of rotatable bonds is 3. The molecule has 1 aliphatic rings. The molecule has 1 aromatic carbocycles. The molecule has 1 amide bonds. The number of benzene rings is 1. The predicted molar refractivity (Wildman–Crippen MR) is 83.1 cm³/mol. The number of carbonyl (C=O) groups excluding carboxylic acids is 1. The van der Waals surface area contributed by atoms with Crippen molar-refractivity contribution in [2.45, 2.75) is 37.7 Å². The molecule has 0 aliphatic heterocycles. The van der Waals surface area contributed by atoms with Crippen LogP contribution in [0.1, 0.15) is 42.6 Å². The zero-order chi connectivity index (χ0) is 14.9. The van der Waals surface area contributed by atoms with Crippen LogP contribution in [0.4, 0.5) is 5.69 Å². The van der Waals surface area contributed by atoms with E-state index in [9.17, 15) is 9.90 Å². The summed E-state index contributed by atoms with van der Waals surface area (Å²) in [5.41, 5.74) is 7.00. The lowest BCUT2D eigenvalue weighted by Gasteiger charge is -2.32. The number of aromatic amines is 1. The number of anilines is 1. The van der Waals surface area contributed by atoms with Gasteiger partial charge in [-0.3, -0.25) is 4.79 Å². The Morgan fingerprint density at radius 2 is 2.10 bits per heavy atom. The van der Waals surface area contributed by atoms with Crippen LogP contribution < -0.4 is 11.1 Å². The molecule has 0 spiro atoms. The van der Waals surface area contributed by atoms with Crippen LogP contribution in [0, 0.1) is 0 Å². The van der Waals surface area contributed by atoms with E-state index in [1.807, 2.05) is 12.1 Å². The van der Waals surface area contributed by atoms with Crippen molar-refractivity contribution in [3.8, 4) is 0 Å². The van der Waals surface area contributed by atoms with E-state index in [2.05, 4.69) is 10.3 Å². The number of hydrogen-bond acceptors (Lipinski definition) is 3. The van der Waals surface area contributed by atoms with Crippen LogP contribution in [-0.2, 0) is 0 Å². The smallest absolute Gasteiger partial charge is 0.267 e. The summed E-state index contributed by atoms with van der Waals surface area (Å²) in [6.45, 7) is 0.302. The van der Waals surface area contributed by atoms with Gasteiger partial charge < -0.3 is 21.1 Å². The molecule has 5 heteroatoms. The van der Waals surface area contributed by atoms with Crippen molar-refractivity contribution < 1.29 is 9.90 Å². The van der Waals surface area contributed by atoms with Crippen molar-refractivity contribution in [3.63, 3.8) is 0 Å². The highest BCUT2D eigenvalue weighted by Crippen LogP contribution is 2.27. The van der Waals surface area contributed by atoms with Crippen LogP contribution in [0.15, 0.2) is 24.3 Å². The number of amides is 1. The number of nitrogens with one attached hydrogen (secondary N) is 2. The number of aromatic nitrogens is 1. The molecule has 112 valence electrons. The Bertz CT molecular complexity index is 657. The monoisotopic (exact) mass is 287 g/mol. The summed E-state index contributed by atoms with van der Waals surface area (Å²) < 4.78 is 0. The van der Waals surface area contributed by atoms with E-state index in [-0.39, 0.29) is 5.91 Å². The van der Waals surface area contributed by atoms with Crippen molar-refractivity contribution in [1.82, 2.24) is 10.3 Å². The van der Waals surface area contributed by atoms with Gasteiger partial charge in [0.1, 0.15) is 5.69 Å². The van der Waals surface area contributed by atoms with Gasteiger partial charge in [0.05, 0.1) is 16.8 Å². The van der Waals surface area contributed by atoms with E-state index in [4.69, 9.17) is 5.73 Å². The Morgan fingerprint density at radius 1 is 1.33 bits per heavy atom. The normalized spacial score (nSPS) is 17.8. The van der Waals surface area contributed by atoms with Gasteiger partial charge in [0.25, 0.3) is 5.91 Å². The Balaban J connectivity index is 1.70. The first-order chi connectivity index (χ1) is 10.1. The second-order valence-electron chi connectivity index (χ2n) is 5.96. The average Bonchev–Trinajstić information content (AvgIpc) is 2.91. The first-order valence-electron chi connectivity index (χ1n) is 7.45. The lowest BCUT2D eigenvalue weighted by atomic mass is 9.85.